The average Bonchev–Trinajstić information content (AvgIpc) is 2.85. The molecule has 0 unspecified atom stereocenters. The van der Waals surface area contributed by atoms with Crippen molar-refractivity contribution in [2.24, 2.45) is 5.92 Å². The number of esters is 1. The van der Waals surface area contributed by atoms with Crippen LogP contribution in [0.1, 0.15) is 61.4 Å². The van der Waals surface area contributed by atoms with Gasteiger partial charge in [-0.2, -0.15) is 0 Å². The average molecular weight is 442 g/mol. The zero-order valence-electron chi connectivity index (χ0n) is 19.3. The Labute approximate surface area is 196 Å². The minimum atomic E-state index is -0.115. The molecule has 0 aromatic heterocycles. The predicted octanol–water partition coefficient (Wildman–Crippen LogP) is 6.83. The van der Waals surface area contributed by atoms with Crippen LogP contribution < -0.4 is 5.32 Å². The van der Waals surface area contributed by atoms with E-state index in [1.165, 1.54) is 0 Å². The fourth-order valence-corrected chi connectivity index (χ4v) is 4.57. The molecule has 170 valence electrons. The van der Waals surface area contributed by atoms with Crippen molar-refractivity contribution in [2.75, 3.05) is 5.32 Å². The third-order valence-electron chi connectivity index (χ3n) is 6.32. The van der Waals surface area contributed by atoms with Crippen molar-refractivity contribution >= 4 is 17.6 Å². The number of anilines is 1. The fourth-order valence-electron chi connectivity index (χ4n) is 4.57. The highest BCUT2D eigenvalue weighted by molar-refractivity contribution is 6.05. The van der Waals surface area contributed by atoms with E-state index < -0.39 is 0 Å². The third kappa shape index (κ3) is 5.70. The minimum Gasteiger partial charge on any atom is -0.463 e. The Morgan fingerprint density at radius 2 is 1.39 bits per heavy atom. The lowest BCUT2D eigenvalue weighted by Gasteiger charge is -2.29. The maximum Gasteiger partial charge on any atom is 0.309 e. The van der Waals surface area contributed by atoms with Crippen molar-refractivity contribution < 1.29 is 14.3 Å². The molecule has 0 spiro atoms. The summed E-state index contributed by atoms with van der Waals surface area (Å²) in [6.07, 6.45) is 3.39. The first-order valence-electron chi connectivity index (χ1n) is 11.8. The number of benzene rings is 3. The van der Waals surface area contributed by atoms with Crippen LogP contribution in [0.4, 0.5) is 5.69 Å². The van der Waals surface area contributed by atoms with Gasteiger partial charge in [-0.15, -0.1) is 0 Å². The molecule has 1 amide bonds. The normalized spacial score (nSPS) is 18.0. The predicted molar refractivity (Wildman–Crippen MR) is 132 cm³/mol. The van der Waals surface area contributed by atoms with Crippen molar-refractivity contribution in [3.8, 4) is 11.1 Å². The summed E-state index contributed by atoms with van der Waals surface area (Å²) in [7, 11) is 0. The van der Waals surface area contributed by atoms with E-state index in [2.05, 4.69) is 23.5 Å². The largest absolute Gasteiger partial charge is 0.463 e. The van der Waals surface area contributed by atoms with Gasteiger partial charge in [0.05, 0.1) is 12.0 Å². The highest BCUT2D eigenvalue weighted by atomic mass is 16.5. The van der Waals surface area contributed by atoms with Gasteiger partial charge in [0.25, 0.3) is 5.91 Å². The number of amides is 1. The standard InChI is InChI=1S/C29H31NO3/c1-20(2)33-29(32)25-18-14-23(15-19-25)26-10-6-7-11-27(26)30-28(31)24-16-12-22(13-17-24)21-8-4-3-5-9-21/h3-13,16-17,20,23,25H,14-15,18-19H2,1-2H3,(H,30,31)/t23-,25-. The number of para-hydroxylation sites is 1. The van der Waals surface area contributed by atoms with Crippen LogP contribution in [-0.2, 0) is 9.53 Å². The summed E-state index contributed by atoms with van der Waals surface area (Å²) in [5.74, 6) is 0.110. The van der Waals surface area contributed by atoms with Gasteiger partial charge >= 0.3 is 5.97 Å². The Balaban J connectivity index is 1.42. The van der Waals surface area contributed by atoms with Gasteiger partial charge in [0.1, 0.15) is 0 Å². The Bertz CT molecular complexity index is 1080. The quantitative estimate of drug-likeness (QED) is 0.427. The van der Waals surface area contributed by atoms with E-state index in [0.717, 1.165) is 48.1 Å². The van der Waals surface area contributed by atoms with Gasteiger partial charge in [0, 0.05) is 11.3 Å². The summed E-state index contributed by atoms with van der Waals surface area (Å²) >= 11 is 0. The van der Waals surface area contributed by atoms with Crippen LogP contribution in [0, 0.1) is 5.92 Å². The van der Waals surface area contributed by atoms with Crippen molar-refractivity contribution in [2.45, 2.75) is 51.6 Å². The SMILES string of the molecule is CC(C)OC(=O)[C@H]1CC[C@H](c2ccccc2NC(=O)c2ccc(-c3ccccc3)cc2)CC1. The van der Waals surface area contributed by atoms with Gasteiger partial charge in [-0.1, -0.05) is 60.7 Å². The molecule has 1 fully saturated rings. The number of hydrogen-bond donors (Lipinski definition) is 1. The molecule has 1 N–H and O–H groups in total. The van der Waals surface area contributed by atoms with Gasteiger partial charge in [-0.3, -0.25) is 9.59 Å². The molecule has 0 radical (unpaired) electrons. The van der Waals surface area contributed by atoms with Gasteiger partial charge in [0.2, 0.25) is 0 Å². The van der Waals surface area contributed by atoms with Gasteiger partial charge in [-0.25, -0.2) is 0 Å². The van der Waals surface area contributed by atoms with E-state index in [1.54, 1.807) is 0 Å². The van der Waals surface area contributed by atoms with Crippen LogP contribution in [0.2, 0.25) is 0 Å². The van der Waals surface area contributed by atoms with E-state index in [-0.39, 0.29) is 23.9 Å². The van der Waals surface area contributed by atoms with E-state index in [4.69, 9.17) is 4.74 Å². The molecule has 1 saturated carbocycles. The third-order valence-corrected chi connectivity index (χ3v) is 6.32. The molecule has 1 aliphatic carbocycles. The van der Waals surface area contributed by atoms with Crippen molar-refractivity contribution in [1.29, 1.82) is 0 Å². The molecule has 0 atom stereocenters. The maximum absolute atomic E-state index is 13.0. The van der Waals surface area contributed by atoms with Gasteiger partial charge < -0.3 is 10.1 Å². The first kappa shape index (κ1) is 22.8. The number of nitrogens with one attached hydrogen (secondary N) is 1. The molecule has 0 heterocycles. The molecule has 4 nitrogen and oxygen atoms in total. The molecule has 33 heavy (non-hydrogen) atoms. The van der Waals surface area contributed by atoms with E-state index >= 15 is 0 Å². The molecule has 0 saturated heterocycles. The van der Waals surface area contributed by atoms with Crippen molar-refractivity contribution in [1.82, 2.24) is 0 Å². The van der Waals surface area contributed by atoms with E-state index in [1.807, 2.05) is 74.5 Å². The van der Waals surface area contributed by atoms with Gasteiger partial charge in [-0.05, 0) is 80.3 Å². The monoisotopic (exact) mass is 441 g/mol. The second-order valence-electron chi connectivity index (χ2n) is 9.02. The summed E-state index contributed by atoms with van der Waals surface area (Å²) in [6, 6.07) is 25.8. The second-order valence-corrected chi connectivity index (χ2v) is 9.02. The lowest BCUT2D eigenvalue weighted by Crippen LogP contribution is -2.25. The molecule has 0 bridgehead atoms. The summed E-state index contributed by atoms with van der Waals surface area (Å²) in [4.78, 5) is 25.2. The maximum atomic E-state index is 13.0. The lowest BCUT2D eigenvalue weighted by molar-refractivity contribution is -0.153. The van der Waals surface area contributed by atoms with Crippen LogP contribution in [0.5, 0.6) is 0 Å². The first-order valence-corrected chi connectivity index (χ1v) is 11.8. The van der Waals surface area contributed by atoms with Crippen LogP contribution in [0.15, 0.2) is 78.9 Å². The Morgan fingerprint density at radius 1 is 0.788 bits per heavy atom. The zero-order chi connectivity index (χ0) is 23.2. The minimum absolute atomic E-state index is 0.0199. The zero-order valence-corrected chi connectivity index (χ0v) is 19.3. The topological polar surface area (TPSA) is 55.4 Å². The van der Waals surface area contributed by atoms with Crippen LogP contribution in [0.3, 0.4) is 0 Å². The van der Waals surface area contributed by atoms with E-state index in [9.17, 15) is 9.59 Å². The Kier molecular flexibility index (Phi) is 7.23. The van der Waals surface area contributed by atoms with Crippen molar-refractivity contribution in [3.05, 3.63) is 90.0 Å². The highest BCUT2D eigenvalue weighted by Gasteiger charge is 2.29. The number of carbonyl (C=O) groups excluding carboxylic acids is 2. The van der Waals surface area contributed by atoms with Gasteiger partial charge in [0.15, 0.2) is 0 Å². The molecule has 4 heteroatoms. The fraction of sp³-hybridized carbons (Fsp3) is 0.310. The van der Waals surface area contributed by atoms with E-state index in [0.29, 0.717) is 11.5 Å². The molecular weight excluding hydrogens is 410 g/mol. The van der Waals surface area contributed by atoms with Crippen LogP contribution in [-0.4, -0.2) is 18.0 Å². The summed E-state index contributed by atoms with van der Waals surface area (Å²) in [5.41, 5.74) is 4.83. The molecule has 3 aromatic carbocycles. The Hall–Kier alpha value is -3.40. The molecule has 0 aliphatic heterocycles. The number of ether oxygens (including phenoxy) is 1. The van der Waals surface area contributed by atoms with Crippen molar-refractivity contribution in [3.63, 3.8) is 0 Å². The molecule has 1 aliphatic rings. The Morgan fingerprint density at radius 3 is 2.06 bits per heavy atom. The smallest absolute Gasteiger partial charge is 0.309 e. The number of hydrogen-bond acceptors (Lipinski definition) is 3. The summed E-state index contributed by atoms with van der Waals surface area (Å²) < 4.78 is 5.40. The van der Waals surface area contributed by atoms with Crippen LogP contribution >= 0.6 is 0 Å². The first-order chi connectivity index (χ1) is 16.0. The number of rotatable bonds is 6. The molecule has 4 rings (SSSR count). The highest BCUT2D eigenvalue weighted by Crippen LogP contribution is 2.39. The summed E-state index contributed by atoms with van der Waals surface area (Å²) in [6.45, 7) is 3.77. The lowest BCUT2D eigenvalue weighted by atomic mass is 9.78. The summed E-state index contributed by atoms with van der Waals surface area (Å²) in [5, 5.41) is 3.11. The molecule has 3 aromatic rings. The number of carbonyl (C=O) groups is 2. The second kappa shape index (κ2) is 10.5. The van der Waals surface area contributed by atoms with Crippen LogP contribution in [0.25, 0.3) is 11.1 Å². The molecular formula is C29H31NO3.